The Balaban J connectivity index is 2.17. The fraction of sp³-hybridized carbons (Fsp3) is 0.462. The summed E-state index contributed by atoms with van der Waals surface area (Å²) in [5.41, 5.74) is 1.34. The molecular formula is C26H37N3O5S. The van der Waals surface area contributed by atoms with Gasteiger partial charge in [-0.15, -0.1) is 0 Å². The van der Waals surface area contributed by atoms with Crippen molar-refractivity contribution < 1.29 is 22.7 Å². The second-order valence-corrected chi connectivity index (χ2v) is 10.5. The molecule has 0 heterocycles. The topological polar surface area (TPSA) is 96.0 Å². The molecule has 9 heteroatoms. The normalized spacial score (nSPS) is 12.9. The molecule has 8 nitrogen and oxygen atoms in total. The molecule has 2 amide bonds. The van der Waals surface area contributed by atoms with Gasteiger partial charge in [-0.05, 0) is 44.4 Å². The van der Waals surface area contributed by atoms with E-state index in [-0.39, 0.29) is 43.8 Å². The highest BCUT2D eigenvalue weighted by Gasteiger charge is 2.27. The zero-order valence-corrected chi connectivity index (χ0v) is 22.0. The minimum atomic E-state index is -3.60. The number of benzene rings is 2. The molecule has 0 saturated heterocycles. The van der Waals surface area contributed by atoms with Gasteiger partial charge in [0, 0.05) is 25.6 Å². The van der Waals surface area contributed by atoms with Crippen LogP contribution in [0.5, 0.6) is 5.75 Å². The standard InChI is InChI=1S/C26H37N3O5S/c1-6-20(2)27-26(31)21(3)28(19-22-13-8-7-9-14-22)25(30)17-12-18-29(35(5,32)33)23-15-10-11-16-24(23)34-4/h7-11,13-16,20-21H,6,12,17-19H2,1-5H3,(H,27,31)/t20-,21-/m1/s1. The first kappa shape index (κ1) is 28.2. The summed E-state index contributed by atoms with van der Waals surface area (Å²) in [6.07, 6.45) is 2.30. The summed E-state index contributed by atoms with van der Waals surface area (Å²) >= 11 is 0. The van der Waals surface area contributed by atoms with E-state index in [2.05, 4.69) is 5.32 Å². The molecule has 0 aromatic heterocycles. The van der Waals surface area contributed by atoms with Gasteiger partial charge < -0.3 is 15.0 Å². The highest BCUT2D eigenvalue weighted by Crippen LogP contribution is 2.29. The van der Waals surface area contributed by atoms with Gasteiger partial charge >= 0.3 is 0 Å². The molecule has 0 fully saturated rings. The number of methoxy groups -OCH3 is 1. The van der Waals surface area contributed by atoms with E-state index in [1.54, 1.807) is 36.1 Å². The Morgan fingerprint density at radius 1 is 1.03 bits per heavy atom. The zero-order chi connectivity index (χ0) is 26.0. The van der Waals surface area contributed by atoms with E-state index in [9.17, 15) is 18.0 Å². The van der Waals surface area contributed by atoms with Gasteiger partial charge in [-0.25, -0.2) is 8.42 Å². The monoisotopic (exact) mass is 503 g/mol. The molecule has 0 aliphatic rings. The number of sulfonamides is 1. The number of carbonyl (C=O) groups is 2. The predicted molar refractivity (Wildman–Crippen MR) is 139 cm³/mol. The lowest BCUT2D eigenvalue weighted by Gasteiger charge is -2.30. The van der Waals surface area contributed by atoms with Gasteiger partial charge in [-0.3, -0.25) is 13.9 Å². The van der Waals surface area contributed by atoms with E-state index in [1.807, 2.05) is 44.2 Å². The van der Waals surface area contributed by atoms with Gasteiger partial charge in [0.15, 0.2) is 0 Å². The number of anilines is 1. The summed E-state index contributed by atoms with van der Waals surface area (Å²) in [6.45, 7) is 6.02. The molecule has 0 spiro atoms. The molecule has 2 aromatic rings. The first-order valence-electron chi connectivity index (χ1n) is 11.8. The van der Waals surface area contributed by atoms with Gasteiger partial charge in [0.25, 0.3) is 0 Å². The summed E-state index contributed by atoms with van der Waals surface area (Å²) in [4.78, 5) is 27.7. The SMILES string of the molecule is CC[C@@H](C)NC(=O)[C@@H](C)N(Cc1ccccc1)C(=O)CCCN(c1ccccc1OC)S(C)(=O)=O. The van der Waals surface area contributed by atoms with Gasteiger partial charge in [0.05, 0.1) is 19.1 Å². The first-order chi connectivity index (χ1) is 16.6. The highest BCUT2D eigenvalue weighted by atomic mass is 32.2. The van der Waals surface area contributed by atoms with Crippen LogP contribution in [0.2, 0.25) is 0 Å². The Hall–Kier alpha value is -3.07. The second-order valence-electron chi connectivity index (χ2n) is 8.61. The minimum absolute atomic E-state index is 0.00259. The molecule has 0 radical (unpaired) electrons. The number of amides is 2. The van der Waals surface area contributed by atoms with Crippen LogP contribution >= 0.6 is 0 Å². The number of rotatable bonds is 13. The van der Waals surface area contributed by atoms with E-state index in [4.69, 9.17) is 4.74 Å². The van der Waals surface area contributed by atoms with Crippen LogP contribution in [0, 0.1) is 0 Å². The van der Waals surface area contributed by atoms with Crippen LogP contribution in [-0.2, 0) is 26.2 Å². The molecule has 2 atom stereocenters. The molecule has 2 aromatic carbocycles. The lowest BCUT2D eigenvalue weighted by Crippen LogP contribution is -2.49. The lowest BCUT2D eigenvalue weighted by atomic mass is 10.1. The second kappa shape index (κ2) is 13.1. The van der Waals surface area contributed by atoms with Crippen LogP contribution in [-0.4, -0.2) is 57.1 Å². The van der Waals surface area contributed by atoms with E-state index in [0.29, 0.717) is 11.4 Å². The molecule has 2 rings (SSSR count). The van der Waals surface area contributed by atoms with Gasteiger partial charge in [0.1, 0.15) is 11.8 Å². The number of para-hydroxylation sites is 2. The van der Waals surface area contributed by atoms with E-state index < -0.39 is 16.1 Å². The quantitative estimate of drug-likeness (QED) is 0.451. The third-order valence-corrected chi connectivity index (χ3v) is 7.05. The fourth-order valence-corrected chi connectivity index (χ4v) is 4.62. The van der Waals surface area contributed by atoms with Crippen LogP contribution in [0.25, 0.3) is 0 Å². The molecule has 0 unspecified atom stereocenters. The van der Waals surface area contributed by atoms with Crippen LogP contribution < -0.4 is 14.4 Å². The van der Waals surface area contributed by atoms with Crippen molar-refractivity contribution in [3.8, 4) is 5.75 Å². The number of ether oxygens (including phenoxy) is 1. The zero-order valence-electron chi connectivity index (χ0n) is 21.2. The molecule has 0 aliphatic heterocycles. The van der Waals surface area contributed by atoms with Crippen molar-refractivity contribution in [2.24, 2.45) is 0 Å². The third-order valence-electron chi connectivity index (χ3n) is 5.87. The average Bonchev–Trinajstić information content (AvgIpc) is 2.84. The predicted octanol–water partition coefficient (Wildman–Crippen LogP) is 3.57. The van der Waals surface area contributed by atoms with Crippen LogP contribution in [0.4, 0.5) is 5.69 Å². The summed E-state index contributed by atoms with van der Waals surface area (Å²) in [5.74, 6) is 0.00911. The Morgan fingerprint density at radius 2 is 1.66 bits per heavy atom. The van der Waals surface area contributed by atoms with E-state index in [1.165, 1.54) is 11.4 Å². The molecule has 35 heavy (non-hydrogen) atoms. The number of nitrogens with zero attached hydrogens (tertiary/aromatic N) is 2. The van der Waals surface area contributed by atoms with Crippen molar-refractivity contribution in [2.45, 2.75) is 58.7 Å². The Kier molecular flexibility index (Phi) is 10.6. The Morgan fingerprint density at radius 3 is 2.26 bits per heavy atom. The average molecular weight is 504 g/mol. The third kappa shape index (κ3) is 8.28. The molecule has 1 N–H and O–H groups in total. The summed E-state index contributed by atoms with van der Waals surface area (Å²) in [5, 5.41) is 2.94. The number of carbonyl (C=O) groups excluding carboxylic acids is 2. The van der Waals surface area contributed by atoms with E-state index >= 15 is 0 Å². The van der Waals surface area contributed by atoms with Gasteiger partial charge in [0.2, 0.25) is 21.8 Å². The van der Waals surface area contributed by atoms with Crippen LogP contribution in [0.3, 0.4) is 0 Å². The Labute approximate surface area is 209 Å². The lowest BCUT2D eigenvalue weighted by molar-refractivity contribution is -0.140. The molecule has 0 saturated carbocycles. The Bertz CT molecular complexity index is 1080. The van der Waals surface area contributed by atoms with E-state index in [0.717, 1.165) is 18.2 Å². The smallest absolute Gasteiger partial charge is 0.242 e. The van der Waals surface area contributed by atoms with Crippen molar-refractivity contribution in [3.05, 3.63) is 60.2 Å². The molecule has 0 aliphatic carbocycles. The summed E-state index contributed by atoms with van der Waals surface area (Å²) in [7, 11) is -2.12. The van der Waals surface area contributed by atoms with Crippen LogP contribution in [0.1, 0.15) is 45.6 Å². The maximum atomic E-state index is 13.3. The van der Waals surface area contributed by atoms with Crippen molar-refractivity contribution in [3.63, 3.8) is 0 Å². The number of nitrogens with one attached hydrogen (secondary N) is 1. The van der Waals surface area contributed by atoms with Crippen molar-refractivity contribution in [1.29, 1.82) is 0 Å². The first-order valence-corrected chi connectivity index (χ1v) is 13.7. The van der Waals surface area contributed by atoms with Gasteiger partial charge in [-0.1, -0.05) is 49.4 Å². The van der Waals surface area contributed by atoms with Crippen molar-refractivity contribution in [1.82, 2.24) is 10.2 Å². The number of hydrogen-bond donors (Lipinski definition) is 1. The summed E-state index contributed by atoms with van der Waals surface area (Å²) < 4.78 is 31.6. The molecule has 0 bridgehead atoms. The molecular weight excluding hydrogens is 466 g/mol. The largest absolute Gasteiger partial charge is 0.495 e. The highest BCUT2D eigenvalue weighted by molar-refractivity contribution is 7.92. The minimum Gasteiger partial charge on any atom is -0.495 e. The fourth-order valence-electron chi connectivity index (χ4n) is 3.65. The van der Waals surface area contributed by atoms with Crippen molar-refractivity contribution >= 4 is 27.5 Å². The maximum Gasteiger partial charge on any atom is 0.242 e. The van der Waals surface area contributed by atoms with Gasteiger partial charge in [-0.2, -0.15) is 0 Å². The maximum absolute atomic E-state index is 13.3. The molecule has 192 valence electrons. The van der Waals surface area contributed by atoms with Crippen molar-refractivity contribution in [2.75, 3.05) is 24.2 Å². The summed E-state index contributed by atoms with van der Waals surface area (Å²) in [6, 6.07) is 15.7. The number of hydrogen-bond acceptors (Lipinski definition) is 5. The van der Waals surface area contributed by atoms with Crippen LogP contribution in [0.15, 0.2) is 54.6 Å².